The van der Waals surface area contributed by atoms with Crippen LogP contribution in [0, 0.1) is 41.5 Å². The lowest BCUT2D eigenvalue weighted by Gasteiger charge is -2.41. The van der Waals surface area contributed by atoms with Gasteiger partial charge < -0.3 is 9.62 Å². The summed E-state index contributed by atoms with van der Waals surface area (Å²) in [6.45, 7) is 15.3. The molecule has 0 aromatic heterocycles. The van der Waals surface area contributed by atoms with E-state index in [1.807, 2.05) is 0 Å². The minimum Gasteiger partial charge on any atom is -0.395 e. The molecule has 0 amide bonds. The number of nitrogens with zero attached hydrogens (tertiary/aromatic N) is 2. The maximum absolute atomic E-state index is 8.21. The van der Waals surface area contributed by atoms with E-state index in [9.17, 15) is 0 Å². The predicted octanol–water partition coefficient (Wildman–Crippen LogP) is 6.43. The summed E-state index contributed by atoms with van der Waals surface area (Å²) in [4.78, 5) is 5.25. The fraction of sp³-hybridized carbons (Fsp3) is 0.250. The van der Waals surface area contributed by atoms with E-state index < -0.39 is 7.25 Å². The number of benzene rings is 4. The maximum atomic E-state index is 8.21. The summed E-state index contributed by atoms with van der Waals surface area (Å²) < 4.78 is 0. The van der Waals surface area contributed by atoms with Gasteiger partial charge in [-0.05, 0) is 74.2 Å². The Morgan fingerprint density at radius 1 is 0.568 bits per heavy atom. The molecule has 1 saturated heterocycles. The molecule has 1 heterocycles. The van der Waals surface area contributed by atoms with Crippen LogP contribution in [0.25, 0.3) is 0 Å². The molecule has 1 aliphatic rings. The lowest BCUT2D eigenvalue weighted by molar-refractivity contribution is 1.01. The molecule has 0 atom stereocenters. The second kappa shape index (κ2) is 10.1. The van der Waals surface area contributed by atoms with Crippen molar-refractivity contribution in [2.24, 2.45) is 0 Å². The van der Waals surface area contributed by atoms with Crippen molar-refractivity contribution in [1.82, 2.24) is 0 Å². The van der Waals surface area contributed by atoms with Gasteiger partial charge >= 0.3 is 6.57 Å². The molecule has 37 heavy (non-hydrogen) atoms. The van der Waals surface area contributed by atoms with Gasteiger partial charge in [0.25, 0.3) is 0 Å². The van der Waals surface area contributed by atoms with Crippen molar-refractivity contribution >= 4 is 46.7 Å². The van der Waals surface area contributed by atoms with Gasteiger partial charge in [-0.1, -0.05) is 96.1 Å². The predicted molar refractivity (Wildman–Crippen MR) is 166 cm³/mol. The number of halogens is 1. The Hall–Kier alpha value is -2.95. The van der Waals surface area contributed by atoms with E-state index in [0.717, 1.165) is 13.1 Å². The zero-order valence-corrected chi connectivity index (χ0v) is 24.6. The molecule has 5 rings (SSSR count). The highest BCUT2D eigenvalue weighted by Gasteiger charge is 2.57. The first-order valence-corrected chi connectivity index (χ1v) is 16.3. The van der Waals surface area contributed by atoms with Crippen molar-refractivity contribution in [3.8, 4) is 0 Å². The Balaban J connectivity index is 1.81. The third kappa shape index (κ3) is 4.51. The second-order valence-electron chi connectivity index (χ2n) is 10.7. The second-order valence-corrected chi connectivity index (χ2v) is 15.6. The molecule has 5 heteroatoms. The summed E-state index contributed by atoms with van der Waals surface area (Å²) in [5, 5.41) is 2.49. The highest BCUT2D eigenvalue weighted by Crippen LogP contribution is 2.38. The summed E-state index contributed by atoms with van der Waals surface area (Å²) in [6, 6.07) is 30.9. The lowest BCUT2D eigenvalue weighted by Crippen LogP contribution is -2.74. The molecular weight excluding hydrogens is 487 g/mol. The van der Waals surface area contributed by atoms with Crippen LogP contribution in [-0.4, -0.2) is 26.9 Å². The minimum atomic E-state index is -2.86. The van der Waals surface area contributed by atoms with Gasteiger partial charge in [0.1, 0.15) is 0 Å². The molecule has 4 aromatic carbocycles. The molecule has 1 aliphatic heterocycles. The van der Waals surface area contributed by atoms with E-state index in [1.54, 1.807) is 0 Å². The highest BCUT2D eigenvalue weighted by atomic mass is 35.6. The van der Waals surface area contributed by atoms with Gasteiger partial charge in [0.05, 0.1) is 0 Å². The normalized spacial score (nSPS) is 14.0. The van der Waals surface area contributed by atoms with Crippen molar-refractivity contribution in [2.45, 2.75) is 41.5 Å². The van der Waals surface area contributed by atoms with Crippen LogP contribution in [-0.2, 0) is 0 Å². The lowest BCUT2D eigenvalue weighted by atomic mass is 9.94. The number of hydrogen-bond acceptors (Lipinski definition) is 2. The zero-order chi connectivity index (χ0) is 26.3. The van der Waals surface area contributed by atoms with E-state index in [-0.39, 0.29) is 6.57 Å². The van der Waals surface area contributed by atoms with Crippen LogP contribution in [0.3, 0.4) is 0 Å². The largest absolute Gasteiger partial charge is 0.395 e. The van der Waals surface area contributed by atoms with Gasteiger partial charge in [-0.15, -0.1) is 0 Å². The van der Waals surface area contributed by atoms with E-state index in [4.69, 9.17) is 11.1 Å². The van der Waals surface area contributed by atoms with Crippen LogP contribution >= 0.6 is 11.1 Å². The molecule has 0 bridgehead atoms. The van der Waals surface area contributed by atoms with Gasteiger partial charge in [0.15, 0.2) is 0 Å². The van der Waals surface area contributed by atoms with Crippen LogP contribution in [0.1, 0.15) is 33.4 Å². The Labute approximate surface area is 228 Å². The molecule has 0 radical (unpaired) electrons. The number of hydrogen-bond donors (Lipinski definition) is 0. The molecule has 188 valence electrons. The molecule has 4 aromatic rings. The molecule has 0 spiro atoms. The third-order valence-corrected chi connectivity index (χ3v) is 13.3. The van der Waals surface area contributed by atoms with Gasteiger partial charge in [0.2, 0.25) is 7.25 Å². The first kappa shape index (κ1) is 25.7. The summed E-state index contributed by atoms with van der Waals surface area (Å²) in [6.07, 6.45) is 0. The fourth-order valence-corrected chi connectivity index (χ4v) is 11.7. The molecule has 0 N–H and O–H groups in total. The van der Waals surface area contributed by atoms with Crippen molar-refractivity contribution in [3.63, 3.8) is 0 Å². The number of anilines is 2. The van der Waals surface area contributed by atoms with E-state index in [0.29, 0.717) is 0 Å². The molecule has 0 unspecified atom stereocenters. The molecule has 1 fully saturated rings. The molecule has 0 aliphatic carbocycles. The minimum absolute atomic E-state index is 0.0131. The molecular formula is C32H36BClN2Si. The van der Waals surface area contributed by atoms with Gasteiger partial charge in [0, 0.05) is 24.5 Å². The van der Waals surface area contributed by atoms with Crippen LogP contribution in [0.15, 0.2) is 84.9 Å². The summed E-state index contributed by atoms with van der Waals surface area (Å²) in [7, 11) is -2.86. The zero-order valence-electron chi connectivity index (χ0n) is 22.8. The van der Waals surface area contributed by atoms with Crippen molar-refractivity contribution in [1.29, 1.82) is 0 Å². The average Bonchev–Trinajstić information content (AvgIpc) is 3.28. The van der Waals surface area contributed by atoms with Gasteiger partial charge in [-0.2, -0.15) is 11.1 Å². The van der Waals surface area contributed by atoms with E-state index in [2.05, 4.69) is 136 Å². The van der Waals surface area contributed by atoms with E-state index in [1.165, 1.54) is 55.1 Å². The topological polar surface area (TPSA) is 6.48 Å². The first-order chi connectivity index (χ1) is 17.7. The van der Waals surface area contributed by atoms with Gasteiger partial charge in [-0.25, -0.2) is 0 Å². The highest BCUT2D eigenvalue weighted by molar-refractivity contribution is 7.64. The average molecular weight is 523 g/mol. The Morgan fingerprint density at radius 3 is 1.22 bits per heavy atom. The van der Waals surface area contributed by atoms with Crippen LogP contribution in [0.2, 0.25) is 0 Å². The van der Waals surface area contributed by atoms with E-state index >= 15 is 0 Å². The molecule has 0 saturated carbocycles. The summed E-state index contributed by atoms with van der Waals surface area (Å²) >= 11 is 8.21. The van der Waals surface area contributed by atoms with Gasteiger partial charge in [-0.3, -0.25) is 0 Å². The van der Waals surface area contributed by atoms with Crippen LogP contribution in [0.4, 0.5) is 11.4 Å². The first-order valence-electron chi connectivity index (χ1n) is 13.2. The quantitative estimate of drug-likeness (QED) is 0.220. The van der Waals surface area contributed by atoms with Crippen molar-refractivity contribution in [2.75, 3.05) is 22.7 Å². The SMILES string of the molecule is Cc1cc(C)c(N2CCN(c3c(C)cc(C)cc3C)B2[Si](Cl)(c2ccccc2)c2ccccc2)c(C)c1. The third-order valence-electron chi connectivity index (χ3n) is 7.76. The Morgan fingerprint density at radius 2 is 0.892 bits per heavy atom. The monoisotopic (exact) mass is 522 g/mol. The summed E-state index contributed by atoms with van der Waals surface area (Å²) in [5.74, 6) is 0. The Bertz CT molecular complexity index is 1270. The number of aryl methyl sites for hydroxylation is 6. The standard InChI is InChI=1S/C32H36BClN2Si/c1-23-19-25(3)31(26(4)20-23)35-17-18-36(32-27(5)21-24(2)22-28(32)6)33(35)37(34,29-13-9-7-10-14-29)30-15-11-8-12-16-30/h7-16,19-22H,17-18H2,1-6H3. The maximum Gasteiger partial charge on any atom is 0.386 e. The fourth-order valence-electron chi connectivity index (χ4n) is 6.60. The van der Waals surface area contributed by atoms with Crippen LogP contribution < -0.4 is 20.0 Å². The summed E-state index contributed by atoms with van der Waals surface area (Å²) in [5.41, 5.74) is 10.5. The smallest absolute Gasteiger partial charge is 0.386 e. The van der Waals surface area contributed by atoms with Crippen molar-refractivity contribution in [3.05, 3.63) is 118 Å². The number of rotatable bonds is 5. The van der Waals surface area contributed by atoms with Crippen LogP contribution in [0.5, 0.6) is 0 Å². The molecule has 2 nitrogen and oxygen atoms in total. The Kier molecular flexibility index (Phi) is 7.00. The van der Waals surface area contributed by atoms with Crippen molar-refractivity contribution < 1.29 is 0 Å².